The third-order valence-corrected chi connectivity index (χ3v) is 7.58. The Balaban J connectivity index is 1.95. The molecule has 0 saturated carbocycles. The summed E-state index contributed by atoms with van der Waals surface area (Å²) >= 11 is 1.33. The molecule has 1 amide bonds. The van der Waals surface area contributed by atoms with Gasteiger partial charge in [0.15, 0.2) is 0 Å². The molecule has 1 unspecified atom stereocenters. The van der Waals surface area contributed by atoms with Crippen LogP contribution in [0.5, 0.6) is 0 Å². The van der Waals surface area contributed by atoms with Crippen molar-refractivity contribution in [2.45, 2.75) is 37.0 Å². The number of hydrogen-bond donors (Lipinski definition) is 1. The molecule has 0 aromatic heterocycles. The lowest BCUT2D eigenvalue weighted by Crippen LogP contribution is -2.33. The molecule has 0 aliphatic heterocycles. The van der Waals surface area contributed by atoms with Crippen molar-refractivity contribution in [3.8, 4) is 0 Å². The van der Waals surface area contributed by atoms with Crippen molar-refractivity contribution >= 4 is 33.4 Å². The van der Waals surface area contributed by atoms with E-state index < -0.39 is 10.0 Å². The van der Waals surface area contributed by atoms with Gasteiger partial charge in [0, 0.05) is 29.6 Å². The fraction of sp³-hybridized carbons (Fsp3) is 0.350. The highest BCUT2D eigenvalue weighted by Crippen LogP contribution is 2.30. The first-order chi connectivity index (χ1) is 13.1. The maximum absolute atomic E-state index is 13.8. The van der Waals surface area contributed by atoms with Gasteiger partial charge in [-0.15, -0.1) is 11.8 Å². The van der Waals surface area contributed by atoms with E-state index in [1.54, 1.807) is 44.2 Å². The number of benzene rings is 2. The van der Waals surface area contributed by atoms with Crippen molar-refractivity contribution in [2.24, 2.45) is 0 Å². The summed E-state index contributed by atoms with van der Waals surface area (Å²) in [7, 11) is -2.03. The van der Waals surface area contributed by atoms with E-state index in [1.807, 2.05) is 6.92 Å². The Kier molecular flexibility index (Phi) is 7.63. The monoisotopic (exact) mass is 424 g/mol. The SMILES string of the molecule is CC(SCC(=O)Nc1ccc(S(=O)(=O)N(C)C(C)C)cc1)c1ccccc1F. The second kappa shape index (κ2) is 9.54. The van der Waals surface area contributed by atoms with Crippen LogP contribution in [0.15, 0.2) is 53.4 Å². The summed E-state index contributed by atoms with van der Waals surface area (Å²) < 4.78 is 40.0. The molecule has 0 spiro atoms. The number of nitrogens with zero attached hydrogens (tertiary/aromatic N) is 1. The molecule has 152 valence electrons. The van der Waals surface area contributed by atoms with Gasteiger partial charge in [0.2, 0.25) is 15.9 Å². The van der Waals surface area contributed by atoms with E-state index >= 15 is 0 Å². The molecule has 1 atom stereocenters. The fourth-order valence-electron chi connectivity index (χ4n) is 2.45. The van der Waals surface area contributed by atoms with Crippen molar-refractivity contribution in [3.63, 3.8) is 0 Å². The highest BCUT2D eigenvalue weighted by Gasteiger charge is 2.22. The second-order valence-corrected chi connectivity index (χ2v) is 9.99. The summed E-state index contributed by atoms with van der Waals surface area (Å²) in [6.45, 7) is 5.44. The zero-order valence-electron chi connectivity index (χ0n) is 16.3. The molecule has 2 rings (SSSR count). The average molecular weight is 425 g/mol. The van der Waals surface area contributed by atoms with Crippen LogP contribution in [0, 0.1) is 5.82 Å². The van der Waals surface area contributed by atoms with Gasteiger partial charge in [0.25, 0.3) is 0 Å². The van der Waals surface area contributed by atoms with Crippen LogP contribution < -0.4 is 5.32 Å². The van der Waals surface area contributed by atoms with E-state index in [1.165, 1.54) is 41.3 Å². The van der Waals surface area contributed by atoms with E-state index in [-0.39, 0.29) is 33.7 Å². The molecule has 0 aliphatic carbocycles. The molecule has 0 fully saturated rings. The molecule has 5 nitrogen and oxygen atoms in total. The highest BCUT2D eigenvalue weighted by molar-refractivity contribution is 8.00. The Labute approximate surface area is 170 Å². The van der Waals surface area contributed by atoms with E-state index in [0.717, 1.165) is 0 Å². The second-order valence-electron chi connectivity index (χ2n) is 6.66. The minimum atomic E-state index is -3.56. The van der Waals surface area contributed by atoms with Crippen LogP contribution in [0.4, 0.5) is 10.1 Å². The van der Waals surface area contributed by atoms with Crippen molar-refractivity contribution in [1.82, 2.24) is 4.31 Å². The van der Waals surface area contributed by atoms with Crippen LogP contribution in [-0.2, 0) is 14.8 Å². The molecular formula is C20H25FN2O3S2. The lowest BCUT2D eigenvalue weighted by Gasteiger charge is -2.21. The largest absolute Gasteiger partial charge is 0.325 e. The van der Waals surface area contributed by atoms with Gasteiger partial charge in [0.1, 0.15) is 5.82 Å². The van der Waals surface area contributed by atoms with Crippen LogP contribution in [0.25, 0.3) is 0 Å². The van der Waals surface area contributed by atoms with Crippen LogP contribution in [0.1, 0.15) is 31.6 Å². The number of thioether (sulfide) groups is 1. The predicted molar refractivity (Wildman–Crippen MR) is 112 cm³/mol. The molecule has 2 aromatic rings. The standard InChI is InChI=1S/C20H25FN2O3S2/c1-14(2)23(4)28(25,26)17-11-9-16(10-12-17)22-20(24)13-27-15(3)18-7-5-6-8-19(18)21/h5-12,14-15H,13H2,1-4H3,(H,22,24). The van der Waals surface area contributed by atoms with Gasteiger partial charge in [-0.2, -0.15) is 4.31 Å². The van der Waals surface area contributed by atoms with E-state index in [9.17, 15) is 17.6 Å². The lowest BCUT2D eigenvalue weighted by atomic mass is 10.1. The Bertz CT molecular complexity index is 915. The first-order valence-corrected chi connectivity index (χ1v) is 11.4. The maximum Gasteiger partial charge on any atom is 0.243 e. The maximum atomic E-state index is 13.8. The zero-order chi connectivity index (χ0) is 20.9. The molecule has 8 heteroatoms. The van der Waals surface area contributed by atoms with Gasteiger partial charge in [-0.1, -0.05) is 18.2 Å². The number of carbonyl (C=O) groups excluding carboxylic acids is 1. The summed E-state index contributed by atoms with van der Waals surface area (Å²) in [6, 6.07) is 12.4. The minimum Gasteiger partial charge on any atom is -0.325 e. The molecule has 0 heterocycles. The number of sulfonamides is 1. The van der Waals surface area contributed by atoms with Crippen molar-refractivity contribution in [2.75, 3.05) is 18.1 Å². The molecule has 0 saturated heterocycles. The lowest BCUT2D eigenvalue weighted by molar-refractivity contribution is -0.113. The van der Waals surface area contributed by atoms with Crippen molar-refractivity contribution < 1.29 is 17.6 Å². The van der Waals surface area contributed by atoms with E-state index in [0.29, 0.717) is 11.3 Å². The quantitative estimate of drug-likeness (QED) is 0.687. The van der Waals surface area contributed by atoms with E-state index in [2.05, 4.69) is 5.32 Å². The van der Waals surface area contributed by atoms with Crippen molar-refractivity contribution in [3.05, 3.63) is 59.9 Å². The van der Waals surface area contributed by atoms with Crippen LogP contribution in [-0.4, -0.2) is 37.5 Å². The summed E-state index contributed by atoms with van der Waals surface area (Å²) in [4.78, 5) is 12.3. The first kappa shape index (κ1) is 22.4. The average Bonchev–Trinajstić information content (AvgIpc) is 2.66. The van der Waals surface area contributed by atoms with Gasteiger partial charge >= 0.3 is 0 Å². The Morgan fingerprint density at radius 1 is 1.11 bits per heavy atom. The van der Waals surface area contributed by atoms with Crippen LogP contribution in [0.3, 0.4) is 0 Å². The summed E-state index contributed by atoms with van der Waals surface area (Å²) in [5, 5.41) is 2.57. The predicted octanol–water partition coefficient (Wildman–Crippen LogP) is 4.29. The Morgan fingerprint density at radius 2 is 1.71 bits per heavy atom. The number of anilines is 1. The third-order valence-electron chi connectivity index (χ3n) is 4.35. The zero-order valence-corrected chi connectivity index (χ0v) is 18.0. The number of hydrogen-bond acceptors (Lipinski definition) is 4. The van der Waals surface area contributed by atoms with Gasteiger partial charge in [-0.05, 0) is 51.1 Å². The highest BCUT2D eigenvalue weighted by atomic mass is 32.2. The van der Waals surface area contributed by atoms with Gasteiger partial charge < -0.3 is 5.32 Å². The van der Waals surface area contributed by atoms with Gasteiger partial charge in [-0.3, -0.25) is 4.79 Å². The number of rotatable bonds is 8. The van der Waals surface area contributed by atoms with E-state index in [4.69, 9.17) is 0 Å². The molecule has 0 bridgehead atoms. The molecule has 0 aliphatic rings. The summed E-state index contributed by atoms with van der Waals surface area (Å²) in [6.07, 6.45) is 0. The van der Waals surface area contributed by atoms with Crippen LogP contribution >= 0.6 is 11.8 Å². The fourth-order valence-corrected chi connectivity index (χ4v) is 4.66. The van der Waals surface area contributed by atoms with Crippen molar-refractivity contribution in [1.29, 1.82) is 0 Å². The number of amides is 1. The Morgan fingerprint density at radius 3 is 2.29 bits per heavy atom. The smallest absolute Gasteiger partial charge is 0.243 e. The summed E-state index contributed by atoms with van der Waals surface area (Å²) in [5.41, 5.74) is 1.07. The first-order valence-electron chi connectivity index (χ1n) is 8.87. The molecule has 2 aromatic carbocycles. The number of carbonyl (C=O) groups is 1. The van der Waals surface area contributed by atoms with Crippen LogP contribution in [0.2, 0.25) is 0 Å². The topological polar surface area (TPSA) is 66.5 Å². The number of nitrogens with one attached hydrogen (secondary N) is 1. The van der Waals surface area contributed by atoms with Gasteiger partial charge in [-0.25, -0.2) is 12.8 Å². The number of halogens is 1. The molecule has 0 radical (unpaired) electrons. The molecule has 1 N–H and O–H groups in total. The summed E-state index contributed by atoms with van der Waals surface area (Å²) in [5.74, 6) is -0.361. The molecule has 28 heavy (non-hydrogen) atoms. The normalized spacial score (nSPS) is 13.0. The van der Waals surface area contributed by atoms with Gasteiger partial charge in [0.05, 0.1) is 10.6 Å². The Hall–Kier alpha value is -1.90. The minimum absolute atomic E-state index is 0.155. The molecular weight excluding hydrogens is 399 g/mol. The third kappa shape index (κ3) is 5.56.